The van der Waals surface area contributed by atoms with Gasteiger partial charge in [0.25, 0.3) is 0 Å². The van der Waals surface area contributed by atoms with Gasteiger partial charge in [0.1, 0.15) is 11.2 Å². The van der Waals surface area contributed by atoms with Gasteiger partial charge in [-0.05, 0) is 78.9 Å². The summed E-state index contributed by atoms with van der Waals surface area (Å²) in [6.45, 7) is 0. The number of furan rings is 1. The Bertz CT molecular complexity index is 6310. The molecule has 0 bridgehead atoms. The van der Waals surface area contributed by atoms with Gasteiger partial charge in [-0.1, -0.05) is 243 Å². The van der Waals surface area contributed by atoms with Crippen LogP contribution in [0.2, 0.25) is 0 Å². The first kappa shape index (κ1) is 52.6. The van der Waals surface area contributed by atoms with Crippen molar-refractivity contribution in [1.29, 1.82) is 0 Å². The highest BCUT2D eigenvalue weighted by Gasteiger charge is 2.38. The number of fused-ring (bicyclic) bond motifs is 19. The summed E-state index contributed by atoms with van der Waals surface area (Å²) in [6.07, 6.45) is 0. The van der Waals surface area contributed by atoms with E-state index in [1.54, 1.807) is 0 Å². The van der Waals surface area contributed by atoms with Crippen LogP contribution in [-0.4, -0.2) is 32.8 Å². The smallest absolute Gasteiger partial charge is 0.164 e. The quantitative estimate of drug-likeness (QED) is 0.152. The van der Waals surface area contributed by atoms with Crippen LogP contribution in [0.3, 0.4) is 0 Å². The van der Waals surface area contributed by atoms with Crippen molar-refractivity contribution in [2.45, 2.75) is 0 Å². The summed E-state index contributed by atoms with van der Waals surface area (Å²) in [7, 11) is 0. The van der Waals surface area contributed by atoms with E-state index in [0.29, 0.717) is 5.82 Å². The largest absolute Gasteiger partial charge is 0.455 e. The summed E-state index contributed by atoms with van der Waals surface area (Å²) < 4.78 is 20.1. The monoisotopic (exact) mass is 1220 g/mol. The van der Waals surface area contributed by atoms with Crippen molar-refractivity contribution in [3.63, 3.8) is 0 Å². The predicted octanol–water partition coefficient (Wildman–Crippen LogP) is 22.9. The zero-order valence-corrected chi connectivity index (χ0v) is 51.6. The molecule has 0 radical (unpaired) electrons. The minimum atomic E-state index is 0.547. The zero-order chi connectivity index (χ0) is 62.7. The van der Waals surface area contributed by atoms with Crippen LogP contribution in [0.15, 0.2) is 326 Å². The molecule has 0 amide bonds. The second-order valence-corrected chi connectivity index (χ2v) is 25.1. The van der Waals surface area contributed by atoms with E-state index < -0.39 is 0 Å². The maximum absolute atomic E-state index is 7.24. The molecule has 8 heteroatoms. The number of nitrogens with zero attached hydrogens (tertiary/aromatic N) is 7. The van der Waals surface area contributed by atoms with Crippen LogP contribution < -0.4 is 0 Å². The van der Waals surface area contributed by atoms with Crippen LogP contribution in [0.1, 0.15) is 0 Å². The van der Waals surface area contributed by atoms with Gasteiger partial charge in [0.05, 0.1) is 106 Å². The van der Waals surface area contributed by atoms with E-state index in [-0.39, 0.29) is 0 Å². The fourth-order valence-corrected chi connectivity index (χ4v) is 16.2. The Balaban J connectivity index is 1.15. The van der Waals surface area contributed by atoms with E-state index in [1.165, 1.54) is 0 Å². The van der Waals surface area contributed by atoms with Crippen molar-refractivity contribution in [1.82, 2.24) is 32.8 Å². The van der Waals surface area contributed by atoms with E-state index in [2.05, 4.69) is 344 Å². The normalized spacial score (nSPS) is 12.2. The van der Waals surface area contributed by atoms with Gasteiger partial charge < -0.3 is 27.3 Å². The lowest BCUT2D eigenvalue weighted by Crippen LogP contribution is -2.19. The SMILES string of the molecule is c1ccc(-c2cc(-c3ccccc3)nc(-c3c(-n4c5ccccc5c5ccccc54)c(-n4c5ccccc5c5ccccc54)c(-n4c5ccccc5c5c6oc7ccccc7c6ccc54)c(-n4c5ccccc5c5ccccc54)c3-n3c4ccccc4c4ccccc43)n2)cc1. The standard InChI is InChI=1S/C88H53N7O/c1-3-27-54(28-4-1)67-53-68(55-29-5-2-6-30-55)90-88(89-67)81-82(91-69-41-17-7-31-56(69)57-32-8-18-42-70(57)91)84(93-73-45-21-11-35-60(73)61-36-12-22-46-74(61)93)86(95-77-49-25-15-40-66(77)80-78(95)52-51-65-64-39-16-26-50-79(64)96-87(65)80)85(94-75-47-23-13-37-62(75)63-38-14-24-48-76(63)94)83(81)92-71-43-19-9-33-58(71)59-34-10-20-44-72(59)92/h1-53H. The molecule has 0 aliphatic rings. The maximum Gasteiger partial charge on any atom is 0.164 e. The summed E-state index contributed by atoms with van der Waals surface area (Å²) in [5.41, 5.74) is 20.8. The first-order valence-corrected chi connectivity index (χ1v) is 32.7. The van der Waals surface area contributed by atoms with Crippen LogP contribution in [0.5, 0.6) is 0 Å². The van der Waals surface area contributed by atoms with Crippen LogP contribution in [-0.2, 0) is 0 Å². The second kappa shape index (κ2) is 20.2. The molecule has 21 aromatic rings. The van der Waals surface area contributed by atoms with Crippen LogP contribution in [0.25, 0.3) is 193 Å². The molecule has 0 saturated heterocycles. The van der Waals surface area contributed by atoms with Crippen molar-refractivity contribution in [3.05, 3.63) is 322 Å². The molecular weight excluding hydrogens is 1170 g/mol. The fraction of sp³-hybridized carbons (Fsp3) is 0. The van der Waals surface area contributed by atoms with Crippen molar-refractivity contribution in [3.8, 4) is 62.3 Å². The highest BCUT2D eigenvalue weighted by Crippen LogP contribution is 2.55. The van der Waals surface area contributed by atoms with Crippen LogP contribution in [0, 0.1) is 0 Å². The molecule has 8 nitrogen and oxygen atoms in total. The van der Waals surface area contributed by atoms with Crippen molar-refractivity contribution >= 4 is 131 Å². The van der Waals surface area contributed by atoms with Gasteiger partial charge in [-0.3, -0.25) is 0 Å². The number of para-hydroxylation sites is 10. The maximum atomic E-state index is 7.24. The van der Waals surface area contributed by atoms with Gasteiger partial charge in [0, 0.05) is 70.4 Å². The Morgan fingerprint density at radius 2 is 0.500 bits per heavy atom. The minimum absolute atomic E-state index is 0.547. The molecule has 7 heterocycles. The average Bonchev–Trinajstić information content (AvgIpc) is 1.44. The summed E-state index contributed by atoms with van der Waals surface area (Å²) in [4.78, 5) is 12.3. The minimum Gasteiger partial charge on any atom is -0.455 e. The van der Waals surface area contributed by atoms with Crippen LogP contribution in [0.4, 0.5) is 0 Å². The first-order chi connectivity index (χ1) is 47.7. The third-order valence-corrected chi connectivity index (χ3v) is 20.1. The molecule has 0 fully saturated rings. The highest BCUT2D eigenvalue weighted by atomic mass is 16.3. The lowest BCUT2D eigenvalue weighted by Gasteiger charge is -2.31. The second-order valence-electron chi connectivity index (χ2n) is 25.1. The molecule has 0 unspecified atom stereocenters. The third kappa shape index (κ3) is 7.32. The fourth-order valence-electron chi connectivity index (χ4n) is 16.2. The zero-order valence-electron chi connectivity index (χ0n) is 51.6. The van der Waals surface area contributed by atoms with Gasteiger partial charge in [0.2, 0.25) is 0 Å². The molecule has 0 saturated carbocycles. The lowest BCUT2D eigenvalue weighted by atomic mass is 9.98. The number of benzene rings is 14. The van der Waals surface area contributed by atoms with E-state index in [4.69, 9.17) is 14.4 Å². The Hall–Kier alpha value is -13.0. The van der Waals surface area contributed by atoms with Crippen molar-refractivity contribution in [2.24, 2.45) is 0 Å². The molecule has 96 heavy (non-hydrogen) atoms. The van der Waals surface area contributed by atoms with E-state index >= 15 is 0 Å². The summed E-state index contributed by atoms with van der Waals surface area (Å²) in [6, 6.07) is 117. The molecule has 0 spiro atoms. The molecule has 7 aromatic heterocycles. The van der Waals surface area contributed by atoms with Gasteiger partial charge in [-0.15, -0.1) is 0 Å². The summed E-state index contributed by atoms with van der Waals surface area (Å²) in [5.74, 6) is 0.547. The molecule has 14 aromatic carbocycles. The molecule has 0 N–H and O–H groups in total. The summed E-state index contributed by atoms with van der Waals surface area (Å²) >= 11 is 0. The third-order valence-electron chi connectivity index (χ3n) is 20.1. The average molecular weight is 1220 g/mol. The van der Waals surface area contributed by atoms with Gasteiger partial charge in [-0.2, -0.15) is 0 Å². The predicted molar refractivity (Wildman–Crippen MR) is 397 cm³/mol. The number of hydrogen-bond donors (Lipinski definition) is 0. The van der Waals surface area contributed by atoms with Gasteiger partial charge in [0.15, 0.2) is 5.82 Å². The van der Waals surface area contributed by atoms with Crippen LogP contribution >= 0.6 is 0 Å². The highest BCUT2D eigenvalue weighted by molar-refractivity contribution is 6.25. The van der Waals surface area contributed by atoms with Crippen molar-refractivity contribution < 1.29 is 4.42 Å². The van der Waals surface area contributed by atoms with E-state index in [0.717, 1.165) is 187 Å². The van der Waals surface area contributed by atoms with Gasteiger partial charge in [-0.25, -0.2) is 9.97 Å². The summed E-state index contributed by atoms with van der Waals surface area (Å²) in [5, 5.41) is 13.2. The number of hydrogen-bond acceptors (Lipinski definition) is 3. The molecule has 0 aliphatic heterocycles. The molecule has 446 valence electrons. The van der Waals surface area contributed by atoms with Gasteiger partial charge >= 0.3 is 0 Å². The lowest BCUT2D eigenvalue weighted by molar-refractivity contribution is 0.673. The molecule has 0 atom stereocenters. The van der Waals surface area contributed by atoms with Crippen molar-refractivity contribution in [2.75, 3.05) is 0 Å². The number of aromatic nitrogens is 7. The Kier molecular flexibility index (Phi) is 11.1. The molecule has 0 aliphatic carbocycles. The van der Waals surface area contributed by atoms with E-state index in [9.17, 15) is 0 Å². The number of rotatable bonds is 8. The Labute approximate surface area is 548 Å². The molecular formula is C88H53N7O. The Morgan fingerprint density at radius 1 is 0.219 bits per heavy atom. The Morgan fingerprint density at radius 3 is 0.875 bits per heavy atom. The molecule has 21 rings (SSSR count). The topological polar surface area (TPSA) is 63.6 Å². The van der Waals surface area contributed by atoms with E-state index in [1.807, 2.05) is 0 Å². The first-order valence-electron chi connectivity index (χ1n) is 32.7.